The Balaban J connectivity index is 1.91. The molecule has 0 atom stereocenters. The summed E-state index contributed by atoms with van der Waals surface area (Å²) in [5, 5.41) is 5.07. The highest BCUT2D eigenvalue weighted by atomic mass is 19.3. The minimum absolute atomic E-state index is 0.0878. The highest BCUT2D eigenvalue weighted by Gasteiger charge is 2.11. The number of halogens is 2. The summed E-state index contributed by atoms with van der Waals surface area (Å²) >= 11 is 0. The molecule has 0 aliphatic heterocycles. The Kier molecular flexibility index (Phi) is 9.15. The van der Waals surface area contributed by atoms with E-state index in [-0.39, 0.29) is 37.1 Å². The van der Waals surface area contributed by atoms with Crippen molar-refractivity contribution in [2.24, 2.45) is 5.73 Å². The molecule has 0 fully saturated rings. The Morgan fingerprint density at radius 2 is 1.78 bits per heavy atom. The van der Waals surface area contributed by atoms with Gasteiger partial charge in [-0.25, -0.2) is 0 Å². The van der Waals surface area contributed by atoms with Gasteiger partial charge < -0.3 is 25.8 Å². The predicted molar refractivity (Wildman–Crippen MR) is 113 cm³/mol. The van der Waals surface area contributed by atoms with Crippen molar-refractivity contribution >= 4 is 23.8 Å². The summed E-state index contributed by atoms with van der Waals surface area (Å²) in [5.74, 6) is -1.39. The maximum absolute atomic E-state index is 12.5. The number of hydrogen-bond donors (Lipinski definition) is 3. The zero-order valence-electron chi connectivity index (χ0n) is 17.3. The van der Waals surface area contributed by atoms with E-state index in [4.69, 9.17) is 10.5 Å². The van der Waals surface area contributed by atoms with E-state index in [0.29, 0.717) is 11.1 Å². The van der Waals surface area contributed by atoms with E-state index >= 15 is 0 Å². The van der Waals surface area contributed by atoms with Gasteiger partial charge in [0.1, 0.15) is 0 Å². The molecule has 2 aromatic rings. The zero-order chi connectivity index (χ0) is 23.5. The first-order valence-corrected chi connectivity index (χ1v) is 9.61. The van der Waals surface area contributed by atoms with Gasteiger partial charge in [0.2, 0.25) is 11.8 Å². The van der Waals surface area contributed by atoms with Gasteiger partial charge in [0.05, 0.1) is 13.2 Å². The second-order valence-corrected chi connectivity index (χ2v) is 6.41. The minimum Gasteiger partial charge on any atom is -0.490 e. The summed E-state index contributed by atoms with van der Waals surface area (Å²) in [6, 6.07) is 10.8. The summed E-state index contributed by atoms with van der Waals surface area (Å²) in [7, 11) is 0. The molecular formula is C22H23F2N3O5. The van der Waals surface area contributed by atoms with Gasteiger partial charge in [-0.05, 0) is 48.4 Å². The number of primary amides is 1. The van der Waals surface area contributed by atoms with Gasteiger partial charge >= 0.3 is 6.61 Å². The molecule has 0 radical (unpaired) electrons. The first-order chi connectivity index (χ1) is 15.3. The van der Waals surface area contributed by atoms with E-state index in [1.54, 1.807) is 31.2 Å². The lowest BCUT2D eigenvalue weighted by Gasteiger charge is -2.11. The number of carbonyl (C=O) groups is 3. The molecule has 0 saturated heterocycles. The van der Waals surface area contributed by atoms with Crippen molar-refractivity contribution in [3.05, 3.63) is 65.2 Å². The Bertz CT molecular complexity index is 978. The van der Waals surface area contributed by atoms with Crippen LogP contribution in [0.5, 0.6) is 11.5 Å². The average molecular weight is 447 g/mol. The fourth-order valence-electron chi connectivity index (χ4n) is 2.55. The molecule has 8 nitrogen and oxygen atoms in total. The van der Waals surface area contributed by atoms with E-state index in [1.807, 2.05) is 0 Å². The Morgan fingerprint density at radius 3 is 2.41 bits per heavy atom. The largest absolute Gasteiger partial charge is 0.490 e. The van der Waals surface area contributed by atoms with Gasteiger partial charge in [-0.15, -0.1) is 0 Å². The number of benzene rings is 2. The van der Waals surface area contributed by atoms with Gasteiger partial charge in [-0.2, -0.15) is 8.78 Å². The molecule has 3 amide bonds. The van der Waals surface area contributed by atoms with Gasteiger partial charge in [0.25, 0.3) is 5.91 Å². The number of alkyl halides is 2. The van der Waals surface area contributed by atoms with Crippen LogP contribution >= 0.6 is 0 Å². The molecule has 0 unspecified atom stereocenters. The molecule has 0 heterocycles. The summed E-state index contributed by atoms with van der Waals surface area (Å²) in [6.45, 7) is -1.03. The third-order valence-corrected chi connectivity index (χ3v) is 4.02. The molecule has 0 spiro atoms. The van der Waals surface area contributed by atoms with Crippen LogP contribution in [-0.2, 0) is 16.1 Å². The molecule has 10 heteroatoms. The lowest BCUT2D eigenvalue weighted by Crippen LogP contribution is -2.33. The Labute approximate surface area is 183 Å². The van der Waals surface area contributed by atoms with Crippen LogP contribution in [0.4, 0.5) is 8.78 Å². The topological polar surface area (TPSA) is 120 Å². The summed E-state index contributed by atoms with van der Waals surface area (Å²) in [6.07, 6.45) is 2.81. The first kappa shape index (κ1) is 24.3. The van der Waals surface area contributed by atoms with E-state index in [9.17, 15) is 23.2 Å². The maximum Gasteiger partial charge on any atom is 0.387 e. The molecule has 0 aliphatic rings. The van der Waals surface area contributed by atoms with Crippen molar-refractivity contribution in [1.29, 1.82) is 0 Å². The number of nitrogens with two attached hydrogens (primary N) is 1. The van der Waals surface area contributed by atoms with Crippen LogP contribution in [0, 0.1) is 0 Å². The molecule has 0 aliphatic carbocycles. The van der Waals surface area contributed by atoms with Crippen LogP contribution in [0.15, 0.2) is 48.5 Å². The van der Waals surface area contributed by atoms with Gasteiger partial charge in [-0.3, -0.25) is 14.4 Å². The van der Waals surface area contributed by atoms with Gasteiger partial charge in [-0.1, -0.05) is 18.2 Å². The molecule has 0 saturated carbocycles. The number of amides is 3. The van der Waals surface area contributed by atoms with Gasteiger partial charge in [0.15, 0.2) is 11.5 Å². The Hall–Kier alpha value is -3.95. The third kappa shape index (κ3) is 8.05. The number of nitrogens with one attached hydrogen (secondary N) is 2. The fraction of sp³-hybridized carbons (Fsp3) is 0.227. The van der Waals surface area contributed by atoms with Crippen molar-refractivity contribution in [2.75, 3.05) is 13.2 Å². The Morgan fingerprint density at radius 1 is 1.06 bits per heavy atom. The second-order valence-electron chi connectivity index (χ2n) is 6.41. The smallest absolute Gasteiger partial charge is 0.387 e. The normalized spacial score (nSPS) is 10.8. The van der Waals surface area contributed by atoms with Crippen molar-refractivity contribution in [1.82, 2.24) is 10.6 Å². The van der Waals surface area contributed by atoms with E-state index in [2.05, 4.69) is 15.4 Å². The average Bonchev–Trinajstić information content (AvgIpc) is 2.76. The van der Waals surface area contributed by atoms with Crippen LogP contribution < -0.4 is 25.8 Å². The number of ether oxygens (including phenoxy) is 2. The molecule has 2 aromatic carbocycles. The van der Waals surface area contributed by atoms with Crippen molar-refractivity contribution in [3.8, 4) is 11.5 Å². The number of carbonyl (C=O) groups excluding carboxylic acids is 3. The summed E-state index contributed by atoms with van der Waals surface area (Å²) in [5.41, 5.74) is 6.65. The molecule has 32 heavy (non-hydrogen) atoms. The molecule has 2 rings (SSSR count). The van der Waals surface area contributed by atoms with Gasteiger partial charge in [0, 0.05) is 18.2 Å². The SMILES string of the molecule is CCOc1cc(/C=C/C(=O)NCc2ccc(C(=O)NCC(N)=O)cc2)ccc1OC(F)F. The van der Waals surface area contributed by atoms with Crippen molar-refractivity contribution in [3.63, 3.8) is 0 Å². The minimum atomic E-state index is -2.97. The summed E-state index contributed by atoms with van der Waals surface area (Å²) in [4.78, 5) is 34.6. The number of hydrogen-bond acceptors (Lipinski definition) is 5. The lowest BCUT2D eigenvalue weighted by atomic mass is 10.1. The quantitative estimate of drug-likeness (QED) is 0.457. The fourth-order valence-corrected chi connectivity index (χ4v) is 2.55. The lowest BCUT2D eigenvalue weighted by molar-refractivity contribution is -0.117. The van der Waals surface area contributed by atoms with Crippen LogP contribution in [0.2, 0.25) is 0 Å². The van der Waals surface area contributed by atoms with Crippen LogP contribution in [0.1, 0.15) is 28.4 Å². The van der Waals surface area contributed by atoms with Crippen LogP contribution in [0.3, 0.4) is 0 Å². The maximum atomic E-state index is 12.5. The summed E-state index contributed by atoms with van der Waals surface area (Å²) < 4.78 is 34.6. The molecule has 170 valence electrons. The molecule has 0 bridgehead atoms. The molecule has 4 N–H and O–H groups in total. The highest BCUT2D eigenvalue weighted by molar-refractivity contribution is 5.96. The van der Waals surface area contributed by atoms with E-state index < -0.39 is 18.4 Å². The second kappa shape index (κ2) is 12.0. The van der Waals surface area contributed by atoms with Crippen LogP contribution in [0.25, 0.3) is 6.08 Å². The zero-order valence-corrected chi connectivity index (χ0v) is 17.3. The third-order valence-electron chi connectivity index (χ3n) is 4.02. The number of rotatable bonds is 11. The monoisotopic (exact) mass is 447 g/mol. The predicted octanol–water partition coefficient (Wildman–Crippen LogP) is 2.23. The van der Waals surface area contributed by atoms with Crippen molar-refractivity contribution in [2.45, 2.75) is 20.1 Å². The van der Waals surface area contributed by atoms with Crippen molar-refractivity contribution < 1.29 is 32.6 Å². The first-order valence-electron chi connectivity index (χ1n) is 9.61. The van der Waals surface area contributed by atoms with E-state index in [0.717, 1.165) is 5.56 Å². The highest BCUT2D eigenvalue weighted by Crippen LogP contribution is 2.30. The van der Waals surface area contributed by atoms with E-state index in [1.165, 1.54) is 30.4 Å². The molecular weight excluding hydrogens is 424 g/mol. The molecule has 0 aromatic heterocycles. The standard InChI is InChI=1S/C22H23F2N3O5/c1-2-31-18-11-14(5-9-17(18)32-22(23)24)6-10-20(29)26-12-15-3-7-16(8-4-15)21(30)27-13-19(25)28/h3-11,22H,2,12-13H2,1H3,(H2,25,28)(H,26,29)(H,27,30)/b10-6+. The van der Waals surface area contributed by atoms with Crippen LogP contribution in [-0.4, -0.2) is 37.5 Å².